The highest BCUT2D eigenvalue weighted by atomic mass is 16.5. The van der Waals surface area contributed by atoms with Crippen molar-refractivity contribution in [1.29, 1.82) is 0 Å². The predicted octanol–water partition coefficient (Wildman–Crippen LogP) is 4.73. The summed E-state index contributed by atoms with van der Waals surface area (Å²) < 4.78 is 10.9. The number of nitrogens with zero attached hydrogens (tertiary/aromatic N) is 1. The molecule has 1 aliphatic heterocycles. The average Bonchev–Trinajstić information content (AvgIpc) is 3.16. The Morgan fingerprint density at radius 1 is 1.08 bits per heavy atom. The van der Waals surface area contributed by atoms with Crippen molar-refractivity contribution < 1.29 is 14.3 Å². The van der Waals surface area contributed by atoms with Gasteiger partial charge in [-0.05, 0) is 37.3 Å². The van der Waals surface area contributed by atoms with E-state index in [0.717, 1.165) is 48.8 Å². The van der Waals surface area contributed by atoms with Gasteiger partial charge in [0.1, 0.15) is 11.5 Å². The van der Waals surface area contributed by atoms with Crippen molar-refractivity contribution >= 4 is 5.91 Å². The Morgan fingerprint density at radius 3 is 2.60 bits per heavy atom. The molecule has 0 bridgehead atoms. The summed E-state index contributed by atoms with van der Waals surface area (Å²) >= 11 is 0. The number of rotatable bonds is 6. The smallest absolute Gasteiger partial charge is 0.223 e. The van der Waals surface area contributed by atoms with Crippen LogP contribution in [-0.4, -0.2) is 31.6 Å². The van der Waals surface area contributed by atoms with Gasteiger partial charge in [-0.15, -0.1) is 0 Å². The van der Waals surface area contributed by atoms with Gasteiger partial charge in [-0.2, -0.15) is 0 Å². The zero-order chi connectivity index (χ0) is 17.6. The lowest BCUT2D eigenvalue weighted by Gasteiger charge is -2.28. The van der Waals surface area contributed by atoms with Crippen LogP contribution in [0, 0.1) is 5.92 Å². The van der Waals surface area contributed by atoms with Gasteiger partial charge in [0.15, 0.2) is 0 Å². The highest BCUT2D eigenvalue weighted by Crippen LogP contribution is 2.39. The molecule has 1 amide bonds. The topological polar surface area (TPSA) is 38.8 Å². The molecular weight excluding hydrogens is 314 g/mol. The predicted molar refractivity (Wildman–Crippen MR) is 99.0 cm³/mol. The van der Waals surface area contributed by atoms with Gasteiger partial charge < -0.3 is 14.4 Å². The van der Waals surface area contributed by atoms with E-state index in [9.17, 15) is 4.79 Å². The van der Waals surface area contributed by atoms with Crippen LogP contribution in [0.15, 0.2) is 18.2 Å². The van der Waals surface area contributed by atoms with Gasteiger partial charge in [0.05, 0.1) is 20.3 Å². The number of amides is 1. The summed E-state index contributed by atoms with van der Waals surface area (Å²) in [4.78, 5) is 14.9. The number of benzene rings is 1. The third-order valence-corrected chi connectivity index (χ3v) is 5.86. The molecule has 4 nitrogen and oxygen atoms in total. The van der Waals surface area contributed by atoms with Gasteiger partial charge in [-0.25, -0.2) is 0 Å². The maximum atomic E-state index is 12.9. The molecule has 3 rings (SSSR count). The lowest BCUT2D eigenvalue weighted by molar-refractivity contribution is -0.132. The van der Waals surface area contributed by atoms with Crippen molar-refractivity contribution in [2.24, 2.45) is 5.92 Å². The van der Waals surface area contributed by atoms with Gasteiger partial charge in [-0.1, -0.05) is 32.1 Å². The third kappa shape index (κ3) is 4.28. The van der Waals surface area contributed by atoms with Crippen molar-refractivity contribution in [2.75, 3.05) is 20.8 Å². The van der Waals surface area contributed by atoms with E-state index in [0.29, 0.717) is 12.3 Å². The first-order chi connectivity index (χ1) is 12.2. The van der Waals surface area contributed by atoms with Crippen LogP contribution in [0.4, 0.5) is 0 Å². The quantitative estimate of drug-likeness (QED) is 0.748. The normalized spacial score (nSPS) is 21.4. The van der Waals surface area contributed by atoms with E-state index in [2.05, 4.69) is 11.0 Å². The fourth-order valence-corrected chi connectivity index (χ4v) is 4.43. The van der Waals surface area contributed by atoms with E-state index in [1.807, 2.05) is 12.1 Å². The minimum Gasteiger partial charge on any atom is -0.497 e. The zero-order valence-corrected chi connectivity index (χ0v) is 15.6. The zero-order valence-electron chi connectivity index (χ0n) is 15.6. The first-order valence-corrected chi connectivity index (χ1v) is 9.74. The maximum Gasteiger partial charge on any atom is 0.223 e. The molecule has 2 fully saturated rings. The molecule has 0 aromatic heterocycles. The summed E-state index contributed by atoms with van der Waals surface area (Å²) in [6.45, 7) is 0.864. The number of methoxy groups -OCH3 is 2. The van der Waals surface area contributed by atoms with Crippen LogP contribution in [0.5, 0.6) is 11.5 Å². The molecule has 1 atom stereocenters. The molecule has 1 saturated heterocycles. The average molecular weight is 345 g/mol. The summed E-state index contributed by atoms with van der Waals surface area (Å²) in [6, 6.07) is 6.06. The third-order valence-electron chi connectivity index (χ3n) is 5.86. The van der Waals surface area contributed by atoms with Crippen LogP contribution in [-0.2, 0) is 4.79 Å². The van der Waals surface area contributed by atoms with Crippen molar-refractivity contribution in [3.63, 3.8) is 0 Å². The van der Waals surface area contributed by atoms with E-state index < -0.39 is 0 Å². The molecule has 0 unspecified atom stereocenters. The summed E-state index contributed by atoms with van der Waals surface area (Å²) in [6.07, 6.45) is 10.5. The Bertz CT molecular complexity index is 581. The maximum absolute atomic E-state index is 12.9. The summed E-state index contributed by atoms with van der Waals surface area (Å²) in [5.41, 5.74) is 1.10. The van der Waals surface area contributed by atoms with Gasteiger partial charge in [0.25, 0.3) is 0 Å². The van der Waals surface area contributed by atoms with Crippen molar-refractivity contribution in [3.05, 3.63) is 23.8 Å². The second-order valence-electron chi connectivity index (χ2n) is 7.40. The van der Waals surface area contributed by atoms with Crippen molar-refractivity contribution in [3.8, 4) is 11.5 Å². The fourth-order valence-electron chi connectivity index (χ4n) is 4.43. The first kappa shape index (κ1) is 18.1. The lowest BCUT2D eigenvalue weighted by atomic mass is 9.86. The summed E-state index contributed by atoms with van der Waals surface area (Å²) in [5.74, 6) is 2.67. The Hall–Kier alpha value is -1.71. The van der Waals surface area contributed by atoms with E-state index >= 15 is 0 Å². The van der Waals surface area contributed by atoms with Gasteiger partial charge in [-0.3, -0.25) is 4.79 Å². The second kappa shape index (κ2) is 8.59. The molecule has 0 radical (unpaired) electrons. The summed E-state index contributed by atoms with van der Waals surface area (Å²) in [5, 5.41) is 0. The largest absolute Gasteiger partial charge is 0.497 e. The highest BCUT2D eigenvalue weighted by Gasteiger charge is 2.32. The molecule has 4 heteroatoms. The number of hydrogen-bond acceptors (Lipinski definition) is 3. The number of carbonyl (C=O) groups excluding carboxylic acids is 1. The molecular formula is C21H31NO3. The van der Waals surface area contributed by atoms with Crippen LogP contribution in [0.2, 0.25) is 0 Å². The fraction of sp³-hybridized carbons (Fsp3) is 0.667. The van der Waals surface area contributed by atoms with Gasteiger partial charge in [0, 0.05) is 24.6 Å². The molecule has 2 aliphatic rings. The van der Waals surface area contributed by atoms with Crippen molar-refractivity contribution in [2.45, 2.75) is 63.8 Å². The number of carbonyl (C=O) groups is 1. The van der Waals surface area contributed by atoms with Crippen LogP contribution in [0.1, 0.15) is 69.4 Å². The minimum absolute atomic E-state index is 0.139. The highest BCUT2D eigenvalue weighted by molar-refractivity contribution is 5.77. The Kier molecular flexibility index (Phi) is 6.22. The monoisotopic (exact) mass is 345 g/mol. The molecule has 1 aromatic carbocycles. The van der Waals surface area contributed by atoms with Crippen molar-refractivity contribution in [1.82, 2.24) is 4.90 Å². The molecule has 0 spiro atoms. The van der Waals surface area contributed by atoms with Gasteiger partial charge >= 0.3 is 0 Å². The van der Waals surface area contributed by atoms with Crippen LogP contribution in [0.25, 0.3) is 0 Å². The molecule has 25 heavy (non-hydrogen) atoms. The Balaban J connectivity index is 1.66. The standard InChI is InChI=1S/C21H31NO3/c1-24-17-11-12-18(20(15-17)25-2)19-9-6-14-22(19)21(23)13-10-16-7-4-3-5-8-16/h11-12,15-16,19H,3-10,13-14H2,1-2H3/t19-/m1/s1. The van der Waals surface area contributed by atoms with Gasteiger partial charge in [0.2, 0.25) is 5.91 Å². The molecule has 1 aliphatic carbocycles. The van der Waals surface area contributed by atoms with Crippen LogP contribution in [0.3, 0.4) is 0 Å². The van der Waals surface area contributed by atoms with E-state index in [1.165, 1.54) is 32.1 Å². The minimum atomic E-state index is 0.139. The SMILES string of the molecule is COc1ccc([C@H]2CCCN2C(=O)CCC2CCCCC2)c(OC)c1. The number of hydrogen-bond donors (Lipinski definition) is 0. The van der Waals surface area contributed by atoms with Crippen LogP contribution >= 0.6 is 0 Å². The molecule has 0 N–H and O–H groups in total. The Morgan fingerprint density at radius 2 is 1.88 bits per heavy atom. The lowest BCUT2D eigenvalue weighted by Crippen LogP contribution is -2.31. The van der Waals surface area contributed by atoms with E-state index in [1.54, 1.807) is 14.2 Å². The second-order valence-corrected chi connectivity index (χ2v) is 7.40. The van der Waals surface area contributed by atoms with E-state index in [4.69, 9.17) is 9.47 Å². The molecule has 138 valence electrons. The number of likely N-dealkylation sites (tertiary alicyclic amines) is 1. The summed E-state index contributed by atoms with van der Waals surface area (Å²) in [7, 11) is 3.34. The molecule has 1 aromatic rings. The molecule has 1 heterocycles. The Labute approximate surface area is 151 Å². The molecule has 1 saturated carbocycles. The first-order valence-electron chi connectivity index (χ1n) is 9.74. The number of ether oxygens (including phenoxy) is 2. The van der Waals surface area contributed by atoms with E-state index in [-0.39, 0.29) is 6.04 Å². The van der Waals surface area contributed by atoms with Crippen LogP contribution < -0.4 is 9.47 Å².